The summed E-state index contributed by atoms with van der Waals surface area (Å²) >= 11 is 0. The van der Waals surface area contributed by atoms with Crippen LogP contribution in [0.25, 0.3) is 0 Å². The lowest BCUT2D eigenvalue weighted by Crippen LogP contribution is -2.48. The number of oxazole rings is 1. The number of aryl methyl sites for hydroxylation is 3. The Balaban J connectivity index is 1.67. The molecule has 0 aliphatic carbocycles. The van der Waals surface area contributed by atoms with Gasteiger partial charge in [0.05, 0.1) is 6.20 Å². The molecule has 1 fully saturated rings. The normalized spacial score (nSPS) is 18.5. The van der Waals surface area contributed by atoms with E-state index in [9.17, 15) is 4.79 Å². The zero-order chi connectivity index (χ0) is 15.7. The van der Waals surface area contributed by atoms with Crippen molar-refractivity contribution in [3.63, 3.8) is 0 Å². The van der Waals surface area contributed by atoms with Crippen molar-refractivity contribution in [3.05, 3.63) is 29.6 Å². The molecule has 0 saturated carbocycles. The molecule has 0 radical (unpaired) electrons. The fourth-order valence-corrected chi connectivity index (χ4v) is 2.97. The Hall–Kier alpha value is -2.31. The van der Waals surface area contributed by atoms with Gasteiger partial charge in [0.25, 0.3) is 5.91 Å². The van der Waals surface area contributed by atoms with Gasteiger partial charge in [0.1, 0.15) is 11.6 Å². The molecule has 22 heavy (non-hydrogen) atoms. The summed E-state index contributed by atoms with van der Waals surface area (Å²) in [6, 6.07) is 2.10. The highest BCUT2D eigenvalue weighted by Crippen LogP contribution is 2.19. The smallest absolute Gasteiger partial charge is 0.273 e. The van der Waals surface area contributed by atoms with Crippen LogP contribution in [0.1, 0.15) is 35.0 Å². The maximum Gasteiger partial charge on any atom is 0.273 e. The molecule has 1 atom stereocenters. The van der Waals surface area contributed by atoms with Crippen molar-refractivity contribution in [3.8, 4) is 0 Å². The van der Waals surface area contributed by atoms with Crippen LogP contribution in [0.15, 0.2) is 16.7 Å². The Labute approximate surface area is 129 Å². The van der Waals surface area contributed by atoms with E-state index < -0.39 is 0 Å². The molecule has 3 heterocycles. The van der Waals surface area contributed by atoms with Gasteiger partial charge >= 0.3 is 0 Å². The lowest BCUT2D eigenvalue weighted by Gasteiger charge is -2.34. The van der Waals surface area contributed by atoms with E-state index in [1.165, 1.54) is 0 Å². The molecule has 1 aliphatic heterocycles. The lowest BCUT2D eigenvalue weighted by molar-refractivity contribution is 0.0927. The minimum atomic E-state index is -0.161. The zero-order valence-corrected chi connectivity index (χ0v) is 13.2. The second-order valence-electron chi connectivity index (χ2n) is 5.71. The fourth-order valence-electron chi connectivity index (χ4n) is 2.97. The first kappa shape index (κ1) is 14.6. The van der Waals surface area contributed by atoms with Crippen molar-refractivity contribution >= 4 is 11.7 Å². The Morgan fingerprint density at radius 2 is 2.27 bits per heavy atom. The van der Waals surface area contributed by atoms with Gasteiger partial charge in [-0.05, 0) is 19.8 Å². The number of aromatic nitrogens is 3. The van der Waals surface area contributed by atoms with Crippen LogP contribution in [0.3, 0.4) is 0 Å². The van der Waals surface area contributed by atoms with Crippen LogP contribution in [0.2, 0.25) is 0 Å². The number of anilines is 1. The molecule has 1 amide bonds. The van der Waals surface area contributed by atoms with Crippen LogP contribution >= 0.6 is 0 Å². The summed E-state index contributed by atoms with van der Waals surface area (Å²) in [5, 5.41) is 7.27. The van der Waals surface area contributed by atoms with Gasteiger partial charge in [-0.2, -0.15) is 5.10 Å². The fraction of sp³-hybridized carbons (Fsp3) is 0.533. The predicted octanol–water partition coefficient (Wildman–Crippen LogP) is 1.42. The first-order valence-corrected chi connectivity index (χ1v) is 7.52. The molecule has 0 spiro atoms. The van der Waals surface area contributed by atoms with E-state index in [0.717, 1.165) is 31.7 Å². The number of hydrogen-bond acceptors (Lipinski definition) is 5. The number of nitrogens with one attached hydrogen (secondary N) is 1. The minimum absolute atomic E-state index is 0.104. The molecule has 0 bridgehead atoms. The van der Waals surface area contributed by atoms with E-state index in [0.29, 0.717) is 17.3 Å². The van der Waals surface area contributed by atoms with Crippen LogP contribution < -0.4 is 10.2 Å². The third kappa shape index (κ3) is 2.84. The van der Waals surface area contributed by atoms with E-state index in [1.807, 2.05) is 17.8 Å². The lowest BCUT2D eigenvalue weighted by atomic mass is 10.1. The van der Waals surface area contributed by atoms with E-state index >= 15 is 0 Å². The molecule has 1 aliphatic rings. The summed E-state index contributed by atoms with van der Waals surface area (Å²) in [5.74, 6) is 2.00. The Morgan fingerprint density at radius 3 is 2.91 bits per heavy atom. The van der Waals surface area contributed by atoms with E-state index in [1.54, 1.807) is 20.0 Å². The summed E-state index contributed by atoms with van der Waals surface area (Å²) in [7, 11) is 1.93. The second kappa shape index (κ2) is 5.82. The molecule has 2 aromatic rings. The Morgan fingerprint density at radius 1 is 1.45 bits per heavy atom. The number of carbonyl (C=O) groups is 1. The van der Waals surface area contributed by atoms with E-state index in [4.69, 9.17) is 4.42 Å². The maximum absolute atomic E-state index is 12.3. The monoisotopic (exact) mass is 303 g/mol. The van der Waals surface area contributed by atoms with Crippen LogP contribution in [-0.2, 0) is 7.05 Å². The molecule has 1 saturated heterocycles. The van der Waals surface area contributed by atoms with Crippen molar-refractivity contribution in [1.29, 1.82) is 0 Å². The van der Waals surface area contributed by atoms with Gasteiger partial charge in [0, 0.05) is 39.2 Å². The van der Waals surface area contributed by atoms with Crippen LogP contribution in [0.4, 0.5) is 5.82 Å². The van der Waals surface area contributed by atoms with Gasteiger partial charge in [-0.3, -0.25) is 9.48 Å². The van der Waals surface area contributed by atoms with Crippen molar-refractivity contribution in [2.24, 2.45) is 7.05 Å². The van der Waals surface area contributed by atoms with Gasteiger partial charge < -0.3 is 14.6 Å². The molecule has 0 aromatic carbocycles. The van der Waals surface area contributed by atoms with Crippen molar-refractivity contribution in [2.45, 2.75) is 32.7 Å². The average Bonchev–Trinajstić information content (AvgIpc) is 3.04. The number of hydrogen-bond donors (Lipinski definition) is 1. The molecule has 1 N–H and O–H groups in total. The highest BCUT2D eigenvalue weighted by molar-refractivity contribution is 5.93. The molecule has 7 nitrogen and oxygen atoms in total. The largest absolute Gasteiger partial charge is 0.445 e. The number of nitrogens with zero attached hydrogens (tertiary/aromatic N) is 4. The minimum Gasteiger partial charge on any atom is -0.445 e. The highest BCUT2D eigenvalue weighted by atomic mass is 16.4. The number of piperidine rings is 1. The number of amides is 1. The first-order chi connectivity index (χ1) is 10.5. The van der Waals surface area contributed by atoms with E-state index in [-0.39, 0.29) is 11.9 Å². The van der Waals surface area contributed by atoms with Gasteiger partial charge in [-0.15, -0.1) is 0 Å². The van der Waals surface area contributed by atoms with Gasteiger partial charge in [-0.25, -0.2) is 4.98 Å². The topological polar surface area (TPSA) is 76.2 Å². The Bertz CT molecular complexity index is 675. The molecule has 118 valence electrons. The van der Waals surface area contributed by atoms with Crippen molar-refractivity contribution in [2.75, 3.05) is 18.0 Å². The van der Waals surface area contributed by atoms with E-state index in [2.05, 4.69) is 20.3 Å². The highest BCUT2D eigenvalue weighted by Gasteiger charge is 2.25. The quantitative estimate of drug-likeness (QED) is 0.928. The van der Waals surface area contributed by atoms with Crippen LogP contribution in [0.5, 0.6) is 0 Å². The summed E-state index contributed by atoms with van der Waals surface area (Å²) < 4.78 is 7.18. The average molecular weight is 303 g/mol. The third-order valence-corrected chi connectivity index (χ3v) is 3.99. The molecule has 0 unspecified atom stereocenters. The van der Waals surface area contributed by atoms with Gasteiger partial charge in [0.2, 0.25) is 0 Å². The van der Waals surface area contributed by atoms with Crippen LogP contribution in [0, 0.1) is 13.8 Å². The first-order valence-electron chi connectivity index (χ1n) is 7.52. The molecule has 7 heteroatoms. The molecular formula is C15H21N5O2. The van der Waals surface area contributed by atoms with Crippen molar-refractivity contribution < 1.29 is 9.21 Å². The predicted molar refractivity (Wildman–Crippen MR) is 81.9 cm³/mol. The molecular weight excluding hydrogens is 282 g/mol. The van der Waals surface area contributed by atoms with Gasteiger partial charge in [-0.1, -0.05) is 0 Å². The second-order valence-corrected chi connectivity index (χ2v) is 5.71. The number of rotatable bonds is 3. The number of carbonyl (C=O) groups excluding carboxylic acids is 1. The molecule has 2 aromatic heterocycles. The zero-order valence-electron chi connectivity index (χ0n) is 13.2. The standard InChI is InChI=1S/C15H21N5O2/c1-10-14(17-11(2)22-10)15(21)18-12-5-4-8-20(9-12)13-6-7-16-19(13)3/h6-7,12H,4-5,8-9H2,1-3H3,(H,18,21)/t12-/m1/s1. The van der Waals surface area contributed by atoms with Crippen LogP contribution in [-0.4, -0.2) is 39.8 Å². The van der Waals surface area contributed by atoms with Crippen molar-refractivity contribution in [1.82, 2.24) is 20.1 Å². The maximum atomic E-state index is 12.3. The van der Waals surface area contributed by atoms with Gasteiger partial charge in [0.15, 0.2) is 11.6 Å². The third-order valence-electron chi connectivity index (χ3n) is 3.99. The summed E-state index contributed by atoms with van der Waals surface area (Å²) in [6.07, 6.45) is 3.79. The SMILES string of the molecule is Cc1nc(C(=O)N[C@@H]2CCCN(c3ccnn3C)C2)c(C)o1. The molecule has 3 rings (SSSR count). The summed E-state index contributed by atoms with van der Waals surface area (Å²) in [5.41, 5.74) is 0.384. The Kier molecular flexibility index (Phi) is 3.87. The summed E-state index contributed by atoms with van der Waals surface area (Å²) in [4.78, 5) is 18.7. The summed E-state index contributed by atoms with van der Waals surface area (Å²) in [6.45, 7) is 5.27.